The van der Waals surface area contributed by atoms with E-state index >= 15 is 0 Å². The van der Waals surface area contributed by atoms with Crippen LogP contribution in [0.1, 0.15) is 38.4 Å². The Morgan fingerprint density at radius 1 is 1.38 bits per heavy atom. The van der Waals surface area contributed by atoms with E-state index in [4.69, 9.17) is 4.74 Å². The number of unbranched alkanes of at least 4 members (excludes halogenated alkanes) is 1. The maximum Gasteiger partial charge on any atom is 0.409 e. The number of likely N-dealkylation sites (tertiary alicyclic amines) is 1. The number of carbonyl (C=O) groups is 1. The van der Waals surface area contributed by atoms with Gasteiger partial charge in [-0.15, -0.1) is 0 Å². The van der Waals surface area contributed by atoms with Crippen LogP contribution in [0.3, 0.4) is 0 Å². The zero-order valence-corrected chi connectivity index (χ0v) is 16.2. The molecule has 1 amide bonds. The normalized spacial score (nSPS) is 15.8. The average Bonchev–Trinajstić information content (AvgIpc) is 3.06. The van der Waals surface area contributed by atoms with Crippen LogP contribution < -0.4 is 10.6 Å². The number of hydrogen-bond donors (Lipinski definition) is 2. The van der Waals surface area contributed by atoms with Crippen LogP contribution in [0.2, 0.25) is 0 Å². The van der Waals surface area contributed by atoms with Crippen LogP contribution in [-0.4, -0.2) is 65.8 Å². The number of nitrogens with one attached hydrogen (secondary N) is 2. The molecule has 1 aliphatic rings. The van der Waals surface area contributed by atoms with Crippen molar-refractivity contribution in [3.05, 3.63) is 18.2 Å². The zero-order chi connectivity index (χ0) is 18.8. The number of imidazole rings is 1. The first-order chi connectivity index (χ1) is 12.6. The number of aliphatic imine (C=N–C) groups is 1. The van der Waals surface area contributed by atoms with Crippen molar-refractivity contribution in [1.29, 1.82) is 0 Å². The topological polar surface area (TPSA) is 83.8 Å². The zero-order valence-electron chi connectivity index (χ0n) is 16.2. The van der Waals surface area contributed by atoms with Crippen molar-refractivity contribution < 1.29 is 9.53 Å². The molecular formula is C18H32N6O2. The minimum atomic E-state index is -0.207. The SMILES string of the molecule is CCOC(=O)N1CCC(NC(=NC)NCCCCn2ccnc2C)CC1. The second kappa shape index (κ2) is 10.7. The monoisotopic (exact) mass is 364 g/mol. The van der Waals surface area contributed by atoms with Crippen molar-refractivity contribution in [3.8, 4) is 0 Å². The van der Waals surface area contributed by atoms with E-state index in [0.29, 0.717) is 12.6 Å². The third-order valence-corrected chi connectivity index (χ3v) is 4.63. The highest BCUT2D eigenvalue weighted by atomic mass is 16.6. The van der Waals surface area contributed by atoms with E-state index in [2.05, 4.69) is 25.2 Å². The molecule has 1 saturated heterocycles. The van der Waals surface area contributed by atoms with Crippen molar-refractivity contribution in [3.63, 3.8) is 0 Å². The first-order valence-electron chi connectivity index (χ1n) is 9.50. The van der Waals surface area contributed by atoms with Crippen LogP contribution in [-0.2, 0) is 11.3 Å². The smallest absolute Gasteiger partial charge is 0.409 e. The van der Waals surface area contributed by atoms with Crippen molar-refractivity contribution in [2.24, 2.45) is 4.99 Å². The van der Waals surface area contributed by atoms with E-state index in [-0.39, 0.29) is 6.09 Å². The second-order valence-corrected chi connectivity index (χ2v) is 6.48. The van der Waals surface area contributed by atoms with Gasteiger partial charge >= 0.3 is 6.09 Å². The Bertz CT molecular complexity index is 578. The number of carbonyl (C=O) groups excluding carboxylic acids is 1. The molecule has 8 heteroatoms. The Morgan fingerprint density at radius 3 is 2.77 bits per heavy atom. The van der Waals surface area contributed by atoms with Gasteiger partial charge < -0.3 is 24.8 Å². The molecule has 146 valence electrons. The first kappa shape index (κ1) is 20.1. The quantitative estimate of drug-likeness (QED) is 0.438. The van der Waals surface area contributed by atoms with E-state index in [9.17, 15) is 4.79 Å². The Hall–Kier alpha value is -2.25. The third kappa shape index (κ3) is 6.24. The molecule has 0 bridgehead atoms. The first-order valence-corrected chi connectivity index (χ1v) is 9.50. The van der Waals surface area contributed by atoms with Crippen LogP contribution >= 0.6 is 0 Å². The molecule has 2 heterocycles. The summed E-state index contributed by atoms with van der Waals surface area (Å²) < 4.78 is 7.22. The van der Waals surface area contributed by atoms with Gasteiger partial charge in [0.2, 0.25) is 0 Å². The molecule has 1 fully saturated rings. The minimum Gasteiger partial charge on any atom is -0.450 e. The number of aromatic nitrogens is 2. The molecule has 2 rings (SSSR count). The molecule has 0 saturated carbocycles. The number of nitrogens with zero attached hydrogens (tertiary/aromatic N) is 4. The van der Waals surface area contributed by atoms with Crippen molar-refractivity contribution in [1.82, 2.24) is 25.1 Å². The number of piperidine rings is 1. The van der Waals surface area contributed by atoms with Gasteiger partial charge in [0.15, 0.2) is 5.96 Å². The standard InChI is InChI=1S/C18H32N6O2/c1-4-26-18(25)24-12-7-16(8-13-24)22-17(19-3)21-9-5-6-11-23-14-10-20-15(23)2/h10,14,16H,4-9,11-13H2,1-3H3,(H2,19,21,22). The van der Waals surface area contributed by atoms with Gasteiger partial charge in [-0.1, -0.05) is 0 Å². The highest BCUT2D eigenvalue weighted by molar-refractivity contribution is 5.80. The lowest BCUT2D eigenvalue weighted by molar-refractivity contribution is 0.0963. The molecule has 2 N–H and O–H groups in total. The van der Waals surface area contributed by atoms with E-state index in [1.807, 2.05) is 26.2 Å². The summed E-state index contributed by atoms with van der Waals surface area (Å²) in [6.07, 6.45) is 7.62. The van der Waals surface area contributed by atoms with E-state index in [1.54, 1.807) is 11.9 Å². The van der Waals surface area contributed by atoms with Crippen LogP contribution in [0.5, 0.6) is 0 Å². The fourth-order valence-corrected chi connectivity index (χ4v) is 3.06. The van der Waals surface area contributed by atoms with Gasteiger partial charge in [-0.25, -0.2) is 9.78 Å². The largest absolute Gasteiger partial charge is 0.450 e. The molecule has 0 unspecified atom stereocenters. The van der Waals surface area contributed by atoms with E-state index in [0.717, 1.165) is 63.6 Å². The second-order valence-electron chi connectivity index (χ2n) is 6.48. The van der Waals surface area contributed by atoms with Crippen molar-refractivity contribution in [2.75, 3.05) is 33.3 Å². The summed E-state index contributed by atoms with van der Waals surface area (Å²) in [6, 6.07) is 0.334. The van der Waals surface area contributed by atoms with Crippen LogP contribution in [0.4, 0.5) is 4.79 Å². The summed E-state index contributed by atoms with van der Waals surface area (Å²) in [5, 5.41) is 6.83. The van der Waals surface area contributed by atoms with Gasteiger partial charge in [-0.2, -0.15) is 0 Å². The van der Waals surface area contributed by atoms with Gasteiger partial charge in [0.1, 0.15) is 5.82 Å². The molecule has 1 aliphatic heterocycles. The fourth-order valence-electron chi connectivity index (χ4n) is 3.06. The predicted octanol–water partition coefficient (Wildman–Crippen LogP) is 1.76. The molecule has 1 aromatic heterocycles. The molecule has 0 atom stereocenters. The van der Waals surface area contributed by atoms with Gasteiger partial charge in [0.25, 0.3) is 0 Å². The summed E-state index contributed by atoms with van der Waals surface area (Å²) >= 11 is 0. The lowest BCUT2D eigenvalue weighted by atomic mass is 10.1. The average molecular weight is 364 g/mol. The molecule has 0 aromatic carbocycles. The fraction of sp³-hybridized carbons (Fsp3) is 0.722. The molecule has 26 heavy (non-hydrogen) atoms. The summed E-state index contributed by atoms with van der Waals surface area (Å²) in [5.74, 6) is 1.89. The highest BCUT2D eigenvalue weighted by Crippen LogP contribution is 2.11. The molecular weight excluding hydrogens is 332 g/mol. The Kier molecular flexibility index (Phi) is 8.24. The molecule has 1 aromatic rings. The molecule has 8 nitrogen and oxygen atoms in total. The van der Waals surface area contributed by atoms with Gasteiger partial charge in [-0.05, 0) is 39.5 Å². The van der Waals surface area contributed by atoms with Gasteiger partial charge in [-0.3, -0.25) is 4.99 Å². The summed E-state index contributed by atoms with van der Waals surface area (Å²) in [7, 11) is 1.79. The summed E-state index contributed by atoms with van der Waals surface area (Å²) in [5.41, 5.74) is 0. The van der Waals surface area contributed by atoms with Crippen molar-refractivity contribution in [2.45, 2.75) is 52.1 Å². The molecule has 0 spiro atoms. The number of guanidine groups is 1. The molecule has 0 radical (unpaired) electrons. The minimum absolute atomic E-state index is 0.207. The van der Waals surface area contributed by atoms with E-state index < -0.39 is 0 Å². The number of amides is 1. The number of ether oxygens (including phenoxy) is 1. The van der Waals surface area contributed by atoms with Gasteiger partial charge in [0.05, 0.1) is 6.61 Å². The number of rotatable bonds is 7. The Morgan fingerprint density at radius 2 is 2.15 bits per heavy atom. The number of hydrogen-bond acceptors (Lipinski definition) is 4. The van der Waals surface area contributed by atoms with Crippen LogP contribution in [0, 0.1) is 6.92 Å². The maximum absolute atomic E-state index is 11.7. The Labute approximate surface area is 156 Å². The van der Waals surface area contributed by atoms with Crippen LogP contribution in [0.25, 0.3) is 0 Å². The summed E-state index contributed by atoms with van der Waals surface area (Å²) in [4.78, 5) is 22.0. The van der Waals surface area contributed by atoms with Crippen LogP contribution in [0.15, 0.2) is 17.4 Å². The lowest BCUT2D eigenvalue weighted by Gasteiger charge is -2.32. The highest BCUT2D eigenvalue weighted by Gasteiger charge is 2.23. The number of aryl methyl sites for hydroxylation is 2. The van der Waals surface area contributed by atoms with Crippen molar-refractivity contribution >= 4 is 12.1 Å². The third-order valence-electron chi connectivity index (χ3n) is 4.63. The summed E-state index contributed by atoms with van der Waals surface area (Å²) in [6.45, 7) is 7.60. The maximum atomic E-state index is 11.7. The molecule has 0 aliphatic carbocycles. The Balaban J connectivity index is 1.61. The van der Waals surface area contributed by atoms with E-state index in [1.165, 1.54) is 0 Å². The lowest BCUT2D eigenvalue weighted by Crippen LogP contribution is -2.50. The predicted molar refractivity (Wildman–Crippen MR) is 102 cm³/mol. The van der Waals surface area contributed by atoms with Gasteiger partial charge in [0, 0.05) is 51.7 Å².